The molecule has 2 amide bonds. The van der Waals surface area contributed by atoms with Gasteiger partial charge in [0.15, 0.2) is 23.1 Å². The van der Waals surface area contributed by atoms with E-state index in [1.807, 2.05) is 36.4 Å². The minimum atomic E-state index is -0.773. The summed E-state index contributed by atoms with van der Waals surface area (Å²) in [6.45, 7) is 0.181. The quantitative estimate of drug-likeness (QED) is 0.279. The number of hydrogen-bond donors (Lipinski definition) is 1. The summed E-state index contributed by atoms with van der Waals surface area (Å²) in [5.41, 5.74) is 2.61. The Kier molecular flexibility index (Phi) is 6.46. The van der Waals surface area contributed by atoms with Gasteiger partial charge < -0.3 is 9.84 Å². The molecule has 0 saturated carbocycles. The number of likely N-dealkylation sites (tertiary alicyclic amines) is 1. The van der Waals surface area contributed by atoms with E-state index < -0.39 is 23.7 Å². The standard InChI is InChI=1S/C30H23Br2NO6/c1-39-23-10-15(31)9-19(28(23)36)24-16-7-8-17-25(18(16)11-20-26(24)22(34)12-21(32)27(20)35)30(38)33(29(17)37)13-14-5-3-2-4-6-14/h2-7,9-10,12,17-18,24-25,36H,8,11,13H2,1H3/t17-,18+,24+,25-/m0/s1. The normalized spacial score (nSPS) is 26.2. The number of amides is 2. The number of phenolic OH excluding ortho intramolecular Hbond substituents is 1. The van der Waals surface area contributed by atoms with E-state index in [1.165, 1.54) is 18.1 Å². The second-order valence-electron chi connectivity index (χ2n) is 10.2. The summed E-state index contributed by atoms with van der Waals surface area (Å²) in [7, 11) is 1.43. The smallest absolute Gasteiger partial charge is 0.234 e. The molecule has 9 heteroatoms. The van der Waals surface area contributed by atoms with Crippen LogP contribution >= 0.6 is 31.9 Å². The lowest BCUT2D eigenvalue weighted by atomic mass is 9.59. The van der Waals surface area contributed by atoms with Crippen LogP contribution in [0.15, 0.2) is 80.3 Å². The molecule has 6 rings (SSSR count). The van der Waals surface area contributed by atoms with Crippen molar-refractivity contribution in [2.45, 2.75) is 25.3 Å². The van der Waals surface area contributed by atoms with Crippen LogP contribution in [0.4, 0.5) is 0 Å². The molecule has 1 saturated heterocycles. The van der Waals surface area contributed by atoms with Crippen LogP contribution in [0.3, 0.4) is 0 Å². The van der Waals surface area contributed by atoms with Crippen LogP contribution in [-0.2, 0) is 25.7 Å². The summed E-state index contributed by atoms with van der Waals surface area (Å²) in [4.78, 5) is 55.4. The Morgan fingerprint density at radius 2 is 1.77 bits per heavy atom. The van der Waals surface area contributed by atoms with E-state index in [0.29, 0.717) is 22.0 Å². The Morgan fingerprint density at radius 3 is 2.49 bits per heavy atom. The Balaban J connectivity index is 1.49. The first kappa shape index (κ1) is 26.0. The number of ether oxygens (including phenoxy) is 1. The van der Waals surface area contributed by atoms with Crippen LogP contribution in [0.1, 0.15) is 29.9 Å². The molecule has 0 spiro atoms. The van der Waals surface area contributed by atoms with Gasteiger partial charge in [0.05, 0.1) is 30.0 Å². The molecule has 4 atom stereocenters. The molecule has 0 aromatic heterocycles. The first-order chi connectivity index (χ1) is 18.7. The number of carbonyl (C=O) groups is 4. The molecular formula is C30H23Br2NO6. The number of aromatic hydroxyl groups is 1. The number of nitrogens with zero attached hydrogens (tertiary/aromatic N) is 1. The highest BCUT2D eigenvalue weighted by Gasteiger charge is 2.56. The van der Waals surface area contributed by atoms with Crippen molar-refractivity contribution in [1.29, 1.82) is 0 Å². The third-order valence-electron chi connectivity index (χ3n) is 8.21. The molecule has 198 valence electrons. The Labute approximate surface area is 241 Å². The van der Waals surface area contributed by atoms with E-state index in [9.17, 15) is 24.3 Å². The molecule has 7 nitrogen and oxygen atoms in total. The number of halogens is 2. The molecule has 0 radical (unpaired) electrons. The molecule has 2 aromatic rings. The van der Waals surface area contributed by atoms with Crippen molar-refractivity contribution in [3.8, 4) is 11.5 Å². The highest BCUT2D eigenvalue weighted by Crippen LogP contribution is 2.57. The summed E-state index contributed by atoms with van der Waals surface area (Å²) < 4.78 is 6.15. The lowest BCUT2D eigenvalue weighted by Crippen LogP contribution is -2.39. The summed E-state index contributed by atoms with van der Waals surface area (Å²) >= 11 is 6.70. The zero-order chi connectivity index (χ0) is 27.6. The zero-order valence-electron chi connectivity index (χ0n) is 20.8. The van der Waals surface area contributed by atoms with Crippen molar-refractivity contribution >= 4 is 55.2 Å². The first-order valence-corrected chi connectivity index (χ1v) is 14.1. The maximum Gasteiger partial charge on any atom is 0.234 e. The van der Waals surface area contributed by atoms with Gasteiger partial charge in [-0.05, 0) is 52.4 Å². The molecule has 4 aliphatic rings. The Bertz CT molecular complexity index is 1560. The van der Waals surface area contributed by atoms with Crippen LogP contribution in [-0.4, -0.2) is 40.5 Å². The van der Waals surface area contributed by atoms with Gasteiger partial charge >= 0.3 is 0 Å². The molecule has 2 aromatic carbocycles. The number of imide groups is 1. The number of Topliss-reactive ketones (excluding diaryl/α,β-unsaturated/α-hetero) is 1. The van der Waals surface area contributed by atoms with Crippen molar-refractivity contribution < 1.29 is 29.0 Å². The Morgan fingerprint density at radius 1 is 1.03 bits per heavy atom. The number of hydrogen-bond acceptors (Lipinski definition) is 6. The molecule has 39 heavy (non-hydrogen) atoms. The highest BCUT2D eigenvalue weighted by molar-refractivity contribution is 9.12. The average molecular weight is 653 g/mol. The van der Waals surface area contributed by atoms with Gasteiger partial charge in [0.1, 0.15) is 0 Å². The van der Waals surface area contributed by atoms with Crippen LogP contribution in [0.5, 0.6) is 11.5 Å². The summed E-state index contributed by atoms with van der Waals surface area (Å²) in [6, 6.07) is 12.7. The van der Waals surface area contributed by atoms with Crippen LogP contribution in [0, 0.1) is 17.8 Å². The summed E-state index contributed by atoms with van der Waals surface area (Å²) in [5, 5.41) is 11.2. The minimum Gasteiger partial charge on any atom is -0.504 e. The molecule has 0 bridgehead atoms. The van der Waals surface area contributed by atoms with E-state index in [1.54, 1.807) is 12.1 Å². The summed E-state index contributed by atoms with van der Waals surface area (Å²) in [5.74, 6) is -3.55. The second-order valence-corrected chi connectivity index (χ2v) is 12.0. The lowest BCUT2D eigenvalue weighted by Gasteiger charge is -2.42. The van der Waals surface area contributed by atoms with Gasteiger partial charge in [-0.15, -0.1) is 0 Å². The van der Waals surface area contributed by atoms with Crippen LogP contribution in [0.2, 0.25) is 0 Å². The number of fused-ring (bicyclic) bond motifs is 3. The van der Waals surface area contributed by atoms with Gasteiger partial charge in [-0.1, -0.05) is 57.9 Å². The fourth-order valence-corrected chi connectivity index (χ4v) is 7.42. The van der Waals surface area contributed by atoms with Crippen LogP contribution < -0.4 is 4.74 Å². The third-order valence-corrected chi connectivity index (χ3v) is 9.25. The number of carbonyl (C=O) groups excluding carboxylic acids is 4. The number of methoxy groups -OCH3 is 1. The molecule has 1 heterocycles. The molecule has 3 aliphatic carbocycles. The van der Waals surface area contributed by atoms with E-state index in [-0.39, 0.29) is 57.9 Å². The van der Waals surface area contributed by atoms with E-state index in [4.69, 9.17) is 4.74 Å². The Hall–Kier alpha value is -3.30. The first-order valence-electron chi connectivity index (χ1n) is 12.6. The molecule has 1 fully saturated rings. The van der Waals surface area contributed by atoms with Gasteiger partial charge in [-0.25, -0.2) is 0 Å². The van der Waals surface area contributed by atoms with Gasteiger partial charge in [-0.2, -0.15) is 0 Å². The topological polar surface area (TPSA) is 101 Å². The van der Waals surface area contributed by atoms with E-state index in [0.717, 1.165) is 11.1 Å². The fourth-order valence-electron chi connectivity index (χ4n) is 6.52. The van der Waals surface area contributed by atoms with E-state index in [2.05, 4.69) is 31.9 Å². The molecule has 0 unspecified atom stereocenters. The maximum absolute atomic E-state index is 13.9. The number of phenols is 1. The maximum atomic E-state index is 13.9. The number of ketones is 2. The SMILES string of the molecule is COc1cc(Br)cc([C@H]2C3=CC[C@@H]4C(=O)N(Cc5ccccc5)C(=O)[C@@H]4[C@@H]3CC3=C2C(=O)C=C(Br)C3=O)c1O. The molecular weight excluding hydrogens is 630 g/mol. The predicted octanol–water partition coefficient (Wildman–Crippen LogP) is 5.13. The molecule has 1 aliphatic heterocycles. The largest absolute Gasteiger partial charge is 0.504 e. The average Bonchev–Trinajstić information content (AvgIpc) is 3.17. The van der Waals surface area contributed by atoms with Crippen molar-refractivity contribution in [3.63, 3.8) is 0 Å². The van der Waals surface area contributed by atoms with E-state index >= 15 is 0 Å². The lowest BCUT2D eigenvalue weighted by molar-refractivity contribution is -0.140. The number of rotatable bonds is 4. The van der Waals surface area contributed by atoms with Crippen molar-refractivity contribution in [3.05, 3.63) is 91.4 Å². The van der Waals surface area contributed by atoms with Crippen molar-refractivity contribution in [2.24, 2.45) is 17.8 Å². The number of allylic oxidation sites excluding steroid dienone is 6. The van der Waals surface area contributed by atoms with Crippen molar-refractivity contribution in [1.82, 2.24) is 4.90 Å². The predicted molar refractivity (Wildman–Crippen MR) is 149 cm³/mol. The zero-order valence-corrected chi connectivity index (χ0v) is 24.0. The van der Waals surface area contributed by atoms with Gasteiger partial charge in [0.2, 0.25) is 11.8 Å². The van der Waals surface area contributed by atoms with Gasteiger partial charge in [-0.3, -0.25) is 24.1 Å². The van der Waals surface area contributed by atoms with Crippen LogP contribution in [0.25, 0.3) is 0 Å². The monoisotopic (exact) mass is 651 g/mol. The molecule has 1 N–H and O–H groups in total. The second kappa shape index (κ2) is 9.71. The number of benzene rings is 2. The third kappa shape index (κ3) is 4.05. The van der Waals surface area contributed by atoms with Gasteiger partial charge in [0.25, 0.3) is 0 Å². The van der Waals surface area contributed by atoms with Crippen molar-refractivity contribution in [2.75, 3.05) is 7.11 Å². The highest BCUT2D eigenvalue weighted by atomic mass is 79.9. The summed E-state index contributed by atoms with van der Waals surface area (Å²) in [6.07, 6.45) is 3.68. The van der Waals surface area contributed by atoms with Gasteiger partial charge in [0, 0.05) is 33.2 Å². The fraction of sp³-hybridized carbons (Fsp3) is 0.267. The minimum absolute atomic E-state index is 0.144.